The summed E-state index contributed by atoms with van der Waals surface area (Å²) in [5.41, 5.74) is 3.55. The highest BCUT2D eigenvalue weighted by atomic mass is 19.4. The van der Waals surface area contributed by atoms with E-state index in [-0.39, 0.29) is 24.6 Å². The first-order valence-corrected chi connectivity index (χ1v) is 14.2. The molecule has 4 N–H and O–H groups in total. The number of amides is 3. The summed E-state index contributed by atoms with van der Waals surface area (Å²) in [5.74, 6) is -1.82. The van der Waals surface area contributed by atoms with E-state index in [9.17, 15) is 27.6 Å². The molecule has 0 bridgehead atoms. The monoisotopic (exact) mass is 619 g/mol. The third kappa shape index (κ3) is 10.4. The van der Waals surface area contributed by atoms with Crippen molar-refractivity contribution in [3.63, 3.8) is 0 Å². The first kappa shape index (κ1) is 32.6. The van der Waals surface area contributed by atoms with E-state index in [1.54, 1.807) is 24.3 Å². The Morgan fingerprint density at radius 3 is 1.84 bits per heavy atom. The number of carbonyl (C=O) groups excluding carboxylic acids is 2. The fourth-order valence-corrected chi connectivity index (χ4v) is 4.87. The van der Waals surface area contributed by atoms with E-state index >= 15 is 0 Å². The number of alkyl halides is 3. The Hall–Kier alpha value is -5.32. The maximum absolute atomic E-state index is 13.1. The highest BCUT2D eigenvalue weighted by molar-refractivity contribution is 5.94. The van der Waals surface area contributed by atoms with Crippen LogP contribution < -0.4 is 20.7 Å². The number of urea groups is 1. The van der Waals surface area contributed by atoms with Gasteiger partial charge < -0.3 is 25.8 Å². The average Bonchev–Trinajstić information content (AvgIpc) is 3.02. The van der Waals surface area contributed by atoms with Crippen LogP contribution in [-0.4, -0.2) is 35.9 Å². The van der Waals surface area contributed by atoms with Crippen LogP contribution in [0.3, 0.4) is 0 Å². The molecule has 8 nitrogen and oxygen atoms in total. The molecule has 1 atom stereocenters. The van der Waals surface area contributed by atoms with Crippen LogP contribution >= 0.6 is 0 Å². The van der Waals surface area contributed by atoms with Crippen molar-refractivity contribution in [2.45, 2.75) is 37.6 Å². The summed E-state index contributed by atoms with van der Waals surface area (Å²) in [4.78, 5) is 36.3. The highest BCUT2D eigenvalue weighted by Crippen LogP contribution is 2.32. The molecule has 4 rings (SSSR count). The van der Waals surface area contributed by atoms with Crippen LogP contribution in [0.25, 0.3) is 0 Å². The second kappa shape index (κ2) is 15.4. The predicted molar refractivity (Wildman–Crippen MR) is 163 cm³/mol. The van der Waals surface area contributed by atoms with E-state index < -0.39 is 36.1 Å². The second-order valence-electron chi connectivity index (χ2n) is 10.2. The molecule has 234 valence electrons. The maximum atomic E-state index is 13.1. The van der Waals surface area contributed by atoms with Crippen LogP contribution in [0.1, 0.15) is 58.3 Å². The smallest absolute Gasteiger partial charge is 0.481 e. The Bertz CT molecular complexity index is 1510. The minimum absolute atomic E-state index is 0.00998. The molecule has 11 heteroatoms. The standard InChI is InChI=1S/C34H32F3N3O5/c35-34(36,37)45-28-17-15-27(16-18-28)39-33(44)40-30(25-11-13-26(14-12-25)32(43)38-22-21-31(41)42)20-19-29(23-7-3-1-4-8-23)24-9-5-2-6-10-24/h1-18,29-30H,19-22H2,(H,38,43)(H,41,42)(H2,39,40,44). The Labute approximate surface area is 258 Å². The van der Waals surface area contributed by atoms with Gasteiger partial charge in [0.05, 0.1) is 12.5 Å². The predicted octanol–water partition coefficient (Wildman–Crippen LogP) is 7.26. The summed E-state index contributed by atoms with van der Waals surface area (Å²) in [6.45, 7) is -0.00998. The molecule has 0 saturated heterocycles. The molecule has 0 aromatic heterocycles. The van der Waals surface area contributed by atoms with Gasteiger partial charge in [-0.3, -0.25) is 9.59 Å². The summed E-state index contributed by atoms with van der Waals surface area (Å²) in [5, 5.41) is 17.0. The molecule has 0 aliphatic heterocycles. The van der Waals surface area contributed by atoms with Gasteiger partial charge >= 0.3 is 18.4 Å². The van der Waals surface area contributed by atoms with E-state index in [1.165, 1.54) is 12.1 Å². The molecule has 0 radical (unpaired) electrons. The Kier molecular flexibility index (Phi) is 11.2. The molecule has 3 amide bonds. The summed E-state index contributed by atoms with van der Waals surface area (Å²) < 4.78 is 41.4. The normalized spacial score (nSPS) is 11.8. The number of nitrogens with one attached hydrogen (secondary N) is 3. The number of carboxylic acids is 1. The van der Waals surface area contributed by atoms with Crippen LogP contribution in [-0.2, 0) is 4.79 Å². The van der Waals surface area contributed by atoms with Gasteiger partial charge in [-0.05, 0) is 65.9 Å². The Morgan fingerprint density at radius 1 is 0.733 bits per heavy atom. The number of rotatable bonds is 13. The summed E-state index contributed by atoms with van der Waals surface area (Å²) >= 11 is 0. The molecule has 0 aliphatic carbocycles. The lowest BCUT2D eigenvalue weighted by Crippen LogP contribution is -2.33. The largest absolute Gasteiger partial charge is 0.573 e. The quantitative estimate of drug-likeness (QED) is 0.126. The molecule has 1 unspecified atom stereocenters. The lowest BCUT2D eigenvalue weighted by molar-refractivity contribution is -0.274. The van der Waals surface area contributed by atoms with Gasteiger partial charge in [0, 0.05) is 23.7 Å². The number of carbonyl (C=O) groups is 3. The van der Waals surface area contributed by atoms with Crippen LogP contribution in [0, 0.1) is 0 Å². The zero-order valence-electron chi connectivity index (χ0n) is 24.1. The van der Waals surface area contributed by atoms with E-state index in [0.29, 0.717) is 18.4 Å². The lowest BCUT2D eigenvalue weighted by atomic mass is 9.85. The number of benzene rings is 4. The molecule has 0 spiro atoms. The van der Waals surface area contributed by atoms with Gasteiger partial charge in [0.15, 0.2) is 0 Å². The summed E-state index contributed by atoms with van der Waals surface area (Å²) in [6, 6.07) is 30.4. The van der Waals surface area contributed by atoms with Crippen molar-refractivity contribution in [3.8, 4) is 5.75 Å². The third-order valence-corrected chi connectivity index (χ3v) is 7.00. The number of hydrogen-bond donors (Lipinski definition) is 4. The lowest BCUT2D eigenvalue weighted by Gasteiger charge is -2.24. The van der Waals surface area contributed by atoms with Gasteiger partial charge in [0.25, 0.3) is 5.91 Å². The van der Waals surface area contributed by atoms with Gasteiger partial charge in [-0.15, -0.1) is 13.2 Å². The maximum Gasteiger partial charge on any atom is 0.573 e. The van der Waals surface area contributed by atoms with E-state index in [4.69, 9.17) is 5.11 Å². The molecule has 0 aliphatic rings. The summed E-state index contributed by atoms with van der Waals surface area (Å²) in [6.07, 6.45) is -3.87. The van der Waals surface area contributed by atoms with Crippen molar-refractivity contribution in [2.75, 3.05) is 11.9 Å². The van der Waals surface area contributed by atoms with Crippen molar-refractivity contribution in [1.29, 1.82) is 0 Å². The molecular formula is C34H32F3N3O5. The minimum Gasteiger partial charge on any atom is -0.481 e. The molecule has 4 aromatic carbocycles. The topological polar surface area (TPSA) is 117 Å². The first-order valence-electron chi connectivity index (χ1n) is 14.2. The van der Waals surface area contributed by atoms with Gasteiger partial charge in [0.2, 0.25) is 0 Å². The number of halogens is 3. The average molecular weight is 620 g/mol. The fraction of sp³-hybridized carbons (Fsp3) is 0.206. The Balaban J connectivity index is 1.52. The molecule has 0 saturated carbocycles. The minimum atomic E-state index is -4.83. The number of ether oxygens (including phenoxy) is 1. The van der Waals surface area contributed by atoms with Crippen LogP contribution in [0.5, 0.6) is 5.75 Å². The highest BCUT2D eigenvalue weighted by Gasteiger charge is 2.31. The fourth-order valence-electron chi connectivity index (χ4n) is 4.87. The first-order chi connectivity index (χ1) is 21.6. The van der Waals surface area contributed by atoms with E-state index in [2.05, 4.69) is 45.0 Å². The number of aliphatic carboxylic acids is 1. The van der Waals surface area contributed by atoms with Crippen molar-refractivity contribution in [2.24, 2.45) is 0 Å². The summed E-state index contributed by atoms with van der Waals surface area (Å²) in [7, 11) is 0. The van der Waals surface area contributed by atoms with Gasteiger partial charge in [-0.1, -0.05) is 72.8 Å². The Morgan fingerprint density at radius 2 is 1.31 bits per heavy atom. The van der Waals surface area contributed by atoms with Crippen molar-refractivity contribution in [1.82, 2.24) is 10.6 Å². The molecule has 45 heavy (non-hydrogen) atoms. The number of hydrogen-bond acceptors (Lipinski definition) is 4. The molecule has 4 aromatic rings. The number of carboxylic acid groups (broad SMARTS) is 1. The van der Waals surface area contributed by atoms with Crippen molar-refractivity contribution >= 4 is 23.6 Å². The van der Waals surface area contributed by atoms with E-state index in [0.717, 1.165) is 28.8 Å². The SMILES string of the molecule is O=C(O)CCNC(=O)c1ccc(C(CCC(c2ccccc2)c2ccccc2)NC(=O)Nc2ccc(OC(F)(F)F)cc2)cc1. The molecule has 0 fully saturated rings. The van der Waals surface area contributed by atoms with Crippen LogP contribution in [0.4, 0.5) is 23.7 Å². The third-order valence-electron chi connectivity index (χ3n) is 7.00. The molecule has 0 heterocycles. The molecular weight excluding hydrogens is 587 g/mol. The van der Waals surface area contributed by atoms with Crippen LogP contribution in [0.15, 0.2) is 109 Å². The van der Waals surface area contributed by atoms with Crippen LogP contribution in [0.2, 0.25) is 0 Å². The van der Waals surface area contributed by atoms with Gasteiger partial charge in [0.1, 0.15) is 5.75 Å². The zero-order chi connectivity index (χ0) is 32.2. The second-order valence-corrected chi connectivity index (χ2v) is 10.2. The zero-order valence-corrected chi connectivity index (χ0v) is 24.1. The van der Waals surface area contributed by atoms with E-state index in [1.807, 2.05) is 36.4 Å². The van der Waals surface area contributed by atoms with Crippen molar-refractivity contribution in [3.05, 3.63) is 131 Å². The van der Waals surface area contributed by atoms with Gasteiger partial charge in [-0.25, -0.2) is 4.79 Å². The number of anilines is 1. The van der Waals surface area contributed by atoms with Gasteiger partial charge in [-0.2, -0.15) is 0 Å². The van der Waals surface area contributed by atoms with Crippen molar-refractivity contribution < 1.29 is 37.4 Å².